The van der Waals surface area contributed by atoms with Gasteiger partial charge in [0.15, 0.2) is 5.78 Å². The summed E-state index contributed by atoms with van der Waals surface area (Å²) in [6.45, 7) is 3.98. The van der Waals surface area contributed by atoms with Gasteiger partial charge in [-0.25, -0.2) is 0 Å². The van der Waals surface area contributed by atoms with E-state index < -0.39 is 0 Å². The normalized spacial score (nSPS) is 25.2. The first-order valence-electron chi connectivity index (χ1n) is 7.67. The number of methoxy groups -OCH3 is 1. The average Bonchev–Trinajstić information content (AvgIpc) is 2.71. The maximum atomic E-state index is 12.8. The number of carbonyl (C=O) groups is 1. The van der Waals surface area contributed by atoms with E-state index in [2.05, 4.69) is 0 Å². The van der Waals surface area contributed by atoms with Crippen molar-refractivity contribution < 1.29 is 14.6 Å². The van der Waals surface area contributed by atoms with E-state index in [9.17, 15) is 9.90 Å². The Morgan fingerprint density at radius 3 is 2.43 bits per heavy atom. The summed E-state index contributed by atoms with van der Waals surface area (Å²) in [6, 6.07) is 3.96. The zero-order valence-corrected chi connectivity index (χ0v) is 12.9. The number of hydrogen-bond donors (Lipinski definition) is 1. The molecule has 2 atom stereocenters. The third kappa shape index (κ3) is 2.15. The van der Waals surface area contributed by atoms with Crippen LogP contribution in [-0.4, -0.2) is 18.0 Å². The summed E-state index contributed by atoms with van der Waals surface area (Å²) in [5.41, 5.74) is 3.36. The van der Waals surface area contributed by atoms with E-state index in [1.165, 1.54) is 0 Å². The number of Topliss-reactive ketones (excluding diaryl/α,β-unsaturated/α-hetero) is 1. The number of ketones is 1. The average molecular weight is 286 g/mol. The van der Waals surface area contributed by atoms with Gasteiger partial charge in [-0.15, -0.1) is 0 Å². The first-order valence-corrected chi connectivity index (χ1v) is 7.67. The Morgan fingerprint density at radius 2 is 1.81 bits per heavy atom. The molecule has 0 aromatic heterocycles. The van der Waals surface area contributed by atoms with E-state index in [1.54, 1.807) is 7.11 Å². The fourth-order valence-electron chi connectivity index (χ4n) is 3.93. The molecule has 2 aliphatic carbocycles. The summed E-state index contributed by atoms with van der Waals surface area (Å²) in [6.07, 6.45) is 3.98. The van der Waals surface area contributed by atoms with E-state index in [0.29, 0.717) is 11.3 Å². The molecule has 2 unspecified atom stereocenters. The van der Waals surface area contributed by atoms with Crippen molar-refractivity contribution in [3.8, 4) is 5.75 Å². The zero-order chi connectivity index (χ0) is 15.1. The molecule has 1 fully saturated rings. The highest BCUT2D eigenvalue weighted by atomic mass is 16.5. The Hall–Kier alpha value is -1.77. The lowest BCUT2D eigenvalue weighted by Crippen LogP contribution is -2.21. The summed E-state index contributed by atoms with van der Waals surface area (Å²) in [4.78, 5) is 12.8. The number of carbonyl (C=O) groups excluding carboxylic acids is 1. The van der Waals surface area contributed by atoms with Gasteiger partial charge in [0.05, 0.1) is 12.7 Å². The van der Waals surface area contributed by atoms with Crippen LogP contribution in [-0.2, 0) is 4.79 Å². The minimum atomic E-state index is -0.0286. The molecule has 0 spiro atoms. The number of ether oxygens (including phenoxy) is 1. The fraction of sp³-hybridized carbons (Fsp3) is 0.500. The number of benzene rings is 1. The molecule has 3 rings (SSSR count). The lowest BCUT2D eigenvalue weighted by molar-refractivity contribution is -0.118. The van der Waals surface area contributed by atoms with Gasteiger partial charge in [-0.3, -0.25) is 4.79 Å². The second-order valence-electron chi connectivity index (χ2n) is 6.28. The maximum Gasteiger partial charge on any atom is 0.170 e. The SMILES string of the molecule is COc1cc(C)cc(C)c1C1=C(O)C2CCCCC2C1=O. The lowest BCUT2D eigenvalue weighted by Gasteiger charge is -2.23. The van der Waals surface area contributed by atoms with Crippen LogP contribution >= 0.6 is 0 Å². The van der Waals surface area contributed by atoms with Gasteiger partial charge < -0.3 is 9.84 Å². The van der Waals surface area contributed by atoms with Gasteiger partial charge in [0.25, 0.3) is 0 Å². The van der Waals surface area contributed by atoms with Crippen molar-refractivity contribution in [2.75, 3.05) is 7.11 Å². The van der Waals surface area contributed by atoms with Crippen LogP contribution in [0, 0.1) is 25.7 Å². The Morgan fingerprint density at radius 1 is 1.14 bits per heavy atom. The van der Waals surface area contributed by atoms with Crippen LogP contribution < -0.4 is 4.74 Å². The molecule has 112 valence electrons. The monoisotopic (exact) mass is 286 g/mol. The van der Waals surface area contributed by atoms with Gasteiger partial charge in [-0.05, 0) is 43.9 Å². The third-order valence-corrected chi connectivity index (χ3v) is 4.87. The molecule has 0 aliphatic heterocycles. The van der Waals surface area contributed by atoms with Crippen LogP contribution in [0.2, 0.25) is 0 Å². The molecular formula is C18H22O3. The molecule has 0 radical (unpaired) electrons. The van der Waals surface area contributed by atoms with Crippen molar-refractivity contribution >= 4 is 11.4 Å². The second kappa shape index (κ2) is 5.21. The Kier molecular flexibility index (Phi) is 3.52. The second-order valence-corrected chi connectivity index (χ2v) is 6.28. The summed E-state index contributed by atoms with van der Waals surface area (Å²) in [7, 11) is 1.61. The molecule has 0 saturated heterocycles. The summed E-state index contributed by atoms with van der Waals surface area (Å²) >= 11 is 0. The predicted octanol–water partition coefficient (Wildman–Crippen LogP) is 3.97. The zero-order valence-electron chi connectivity index (χ0n) is 12.9. The van der Waals surface area contributed by atoms with Gasteiger partial charge in [0.2, 0.25) is 0 Å². The van der Waals surface area contributed by atoms with Crippen LogP contribution in [0.25, 0.3) is 5.57 Å². The van der Waals surface area contributed by atoms with Crippen molar-refractivity contribution in [3.05, 3.63) is 34.6 Å². The highest BCUT2D eigenvalue weighted by Gasteiger charge is 2.44. The summed E-state index contributed by atoms with van der Waals surface area (Å²) in [5, 5.41) is 10.6. The van der Waals surface area contributed by atoms with E-state index >= 15 is 0 Å². The third-order valence-electron chi connectivity index (χ3n) is 4.87. The smallest absolute Gasteiger partial charge is 0.170 e. The number of rotatable bonds is 2. The standard InChI is InChI=1S/C18H22O3/c1-10-8-11(2)15(14(9-10)21-3)16-17(19)12-6-4-5-7-13(12)18(16)20/h8-9,12-13,19H,4-7H2,1-3H3. The molecule has 3 nitrogen and oxygen atoms in total. The molecule has 1 aromatic carbocycles. The van der Waals surface area contributed by atoms with Gasteiger partial charge in [-0.1, -0.05) is 18.9 Å². The van der Waals surface area contributed by atoms with Crippen molar-refractivity contribution in [1.82, 2.24) is 0 Å². The molecule has 1 saturated carbocycles. The first-order chi connectivity index (χ1) is 10.0. The molecule has 1 N–H and O–H groups in total. The highest BCUT2D eigenvalue weighted by molar-refractivity contribution is 6.25. The predicted molar refractivity (Wildman–Crippen MR) is 82.5 cm³/mol. The van der Waals surface area contributed by atoms with E-state index in [0.717, 1.165) is 42.4 Å². The van der Waals surface area contributed by atoms with Crippen LogP contribution in [0.3, 0.4) is 0 Å². The highest BCUT2D eigenvalue weighted by Crippen LogP contribution is 2.48. The lowest BCUT2D eigenvalue weighted by atomic mass is 9.80. The van der Waals surface area contributed by atoms with Crippen molar-refractivity contribution in [1.29, 1.82) is 0 Å². The quantitative estimate of drug-likeness (QED) is 0.894. The molecule has 0 bridgehead atoms. The van der Waals surface area contributed by atoms with Gasteiger partial charge in [0, 0.05) is 17.4 Å². The summed E-state index contributed by atoms with van der Waals surface area (Å²) < 4.78 is 5.47. The fourth-order valence-corrected chi connectivity index (χ4v) is 3.93. The number of aryl methyl sites for hydroxylation is 2. The minimum Gasteiger partial charge on any atom is -0.511 e. The van der Waals surface area contributed by atoms with E-state index in [1.807, 2.05) is 26.0 Å². The molecule has 0 amide bonds. The number of allylic oxidation sites excluding steroid dienone is 2. The van der Waals surface area contributed by atoms with Crippen molar-refractivity contribution in [2.24, 2.45) is 11.8 Å². The summed E-state index contributed by atoms with van der Waals surface area (Å²) in [5.74, 6) is 1.06. The molecule has 1 aromatic rings. The molecule has 2 aliphatic rings. The number of fused-ring (bicyclic) bond motifs is 1. The Labute approximate surface area is 125 Å². The topological polar surface area (TPSA) is 46.5 Å². The van der Waals surface area contributed by atoms with Crippen molar-refractivity contribution in [3.63, 3.8) is 0 Å². The molecule has 3 heteroatoms. The number of aliphatic hydroxyl groups excluding tert-OH is 1. The number of hydrogen-bond acceptors (Lipinski definition) is 3. The Bertz CT molecular complexity index is 628. The van der Waals surface area contributed by atoms with Crippen LogP contribution in [0.5, 0.6) is 5.75 Å². The first kappa shape index (κ1) is 14.2. The van der Waals surface area contributed by atoms with Crippen LogP contribution in [0.1, 0.15) is 42.4 Å². The van der Waals surface area contributed by atoms with Gasteiger partial charge >= 0.3 is 0 Å². The minimum absolute atomic E-state index is 0.0201. The van der Waals surface area contributed by atoms with Crippen LogP contribution in [0.4, 0.5) is 0 Å². The maximum absolute atomic E-state index is 12.8. The molecule has 21 heavy (non-hydrogen) atoms. The van der Waals surface area contributed by atoms with Gasteiger partial charge in [-0.2, -0.15) is 0 Å². The molecule has 0 heterocycles. The largest absolute Gasteiger partial charge is 0.511 e. The van der Waals surface area contributed by atoms with E-state index in [-0.39, 0.29) is 23.4 Å². The molecular weight excluding hydrogens is 264 g/mol. The van der Waals surface area contributed by atoms with Crippen LogP contribution in [0.15, 0.2) is 17.9 Å². The van der Waals surface area contributed by atoms with Crippen molar-refractivity contribution in [2.45, 2.75) is 39.5 Å². The Balaban J connectivity index is 2.16. The van der Waals surface area contributed by atoms with Gasteiger partial charge in [0.1, 0.15) is 11.5 Å². The van der Waals surface area contributed by atoms with E-state index in [4.69, 9.17) is 4.74 Å². The number of aliphatic hydroxyl groups is 1.